The quantitative estimate of drug-likeness (QED) is 0.769. The molecule has 1 aromatic carbocycles. The van der Waals surface area contributed by atoms with E-state index < -0.39 is 0 Å². The number of aromatic nitrogens is 3. The van der Waals surface area contributed by atoms with Gasteiger partial charge in [-0.25, -0.2) is 0 Å². The average Bonchev–Trinajstić information content (AvgIpc) is 3.23. The molecule has 0 bridgehead atoms. The Balaban J connectivity index is 1.46. The molecule has 1 aliphatic rings. The van der Waals surface area contributed by atoms with Gasteiger partial charge in [0.25, 0.3) is 0 Å². The molecule has 24 heavy (non-hydrogen) atoms. The minimum atomic E-state index is 0.00146. The Morgan fingerprint density at radius 3 is 3.12 bits per heavy atom. The Labute approximate surface area is 149 Å². The van der Waals surface area contributed by atoms with Gasteiger partial charge >= 0.3 is 0 Å². The summed E-state index contributed by atoms with van der Waals surface area (Å²) < 4.78 is 3.83. The standard InChI is InChI=1S/C17H17ClN4OS/c1-21-17(12-9-24-10-14(12)20-21)19-16(23)6-8-22-7-5-11-13(18)3-2-4-15(11)22/h2-5,7H,6,8-10H2,1H3,(H,19,23). The molecule has 0 saturated heterocycles. The van der Waals surface area contributed by atoms with Gasteiger partial charge in [0, 0.05) is 59.2 Å². The predicted octanol–water partition coefficient (Wildman–Crippen LogP) is 3.80. The van der Waals surface area contributed by atoms with Crippen LogP contribution in [0.4, 0.5) is 5.82 Å². The van der Waals surface area contributed by atoms with Crippen molar-refractivity contribution in [3.63, 3.8) is 0 Å². The second-order valence-corrected chi connectivity index (χ2v) is 7.26. The summed E-state index contributed by atoms with van der Waals surface area (Å²) in [6.45, 7) is 0.616. The van der Waals surface area contributed by atoms with E-state index in [0.717, 1.165) is 44.5 Å². The van der Waals surface area contributed by atoms with E-state index in [9.17, 15) is 4.79 Å². The van der Waals surface area contributed by atoms with Crippen molar-refractivity contribution in [3.8, 4) is 0 Å². The fraction of sp³-hybridized carbons (Fsp3) is 0.294. The van der Waals surface area contributed by atoms with Crippen LogP contribution in [0, 0.1) is 0 Å². The Kier molecular flexibility index (Phi) is 4.02. The van der Waals surface area contributed by atoms with Crippen LogP contribution in [0.1, 0.15) is 17.7 Å². The fourth-order valence-corrected chi connectivity index (χ4v) is 4.36. The van der Waals surface area contributed by atoms with Gasteiger partial charge in [-0.2, -0.15) is 16.9 Å². The summed E-state index contributed by atoms with van der Waals surface area (Å²) >= 11 is 8.03. The van der Waals surface area contributed by atoms with Crippen molar-refractivity contribution in [1.82, 2.24) is 14.3 Å². The van der Waals surface area contributed by atoms with Gasteiger partial charge in [-0.15, -0.1) is 0 Å². The van der Waals surface area contributed by atoms with Crippen molar-refractivity contribution in [2.24, 2.45) is 7.05 Å². The van der Waals surface area contributed by atoms with Crippen LogP contribution in [0.2, 0.25) is 5.02 Å². The molecule has 7 heteroatoms. The summed E-state index contributed by atoms with van der Waals surface area (Å²) in [4.78, 5) is 12.4. The van der Waals surface area contributed by atoms with Crippen LogP contribution >= 0.6 is 23.4 Å². The Morgan fingerprint density at radius 1 is 1.38 bits per heavy atom. The number of carbonyl (C=O) groups excluding carboxylic acids is 1. The van der Waals surface area contributed by atoms with Gasteiger partial charge < -0.3 is 9.88 Å². The van der Waals surface area contributed by atoms with Gasteiger partial charge in [-0.1, -0.05) is 17.7 Å². The molecule has 5 nitrogen and oxygen atoms in total. The number of hydrogen-bond acceptors (Lipinski definition) is 3. The third-order valence-corrected chi connectivity index (χ3v) is 5.61. The molecule has 0 atom stereocenters. The molecule has 0 aliphatic carbocycles. The van der Waals surface area contributed by atoms with Crippen LogP contribution in [-0.2, 0) is 29.9 Å². The summed E-state index contributed by atoms with van der Waals surface area (Å²) in [5.41, 5.74) is 3.30. The van der Waals surface area contributed by atoms with Gasteiger partial charge in [0.1, 0.15) is 5.82 Å². The van der Waals surface area contributed by atoms with Gasteiger partial charge in [0.2, 0.25) is 5.91 Å². The SMILES string of the molecule is Cn1nc2c(c1NC(=O)CCn1ccc3c(Cl)cccc31)CSC2. The fourth-order valence-electron chi connectivity index (χ4n) is 3.09. The van der Waals surface area contributed by atoms with Crippen molar-refractivity contribution in [2.75, 3.05) is 5.32 Å². The molecular weight excluding hydrogens is 344 g/mol. The Morgan fingerprint density at radius 2 is 2.25 bits per heavy atom. The lowest BCUT2D eigenvalue weighted by atomic mass is 10.2. The van der Waals surface area contributed by atoms with E-state index in [2.05, 4.69) is 15.0 Å². The molecule has 1 aliphatic heterocycles. The number of carbonyl (C=O) groups is 1. The van der Waals surface area contributed by atoms with Crippen molar-refractivity contribution in [2.45, 2.75) is 24.5 Å². The van der Waals surface area contributed by atoms with Crippen molar-refractivity contribution in [3.05, 3.63) is 46.7 Å². The van der Waals surface area contributed by atoms with Crippen molar-refractivity contribution < 1.29 is 4.79 Å². The smallest absolute Gasteiger partial charge is 0.227 e. The molecule has 124 valence electrons. The first kappa shape index (κ1) is 15.6. The lowest BCUT2D eigenvalue weighted by Crippen LogP contribution is -2.17. The topological polar surface area (TPSA) is 51.9 Å². The largest absolute Gasteiger partial charge is 0.347 e. The normalized spacial score (nSPS) is 13.4. The molecule has 0 saturated carbocycles. The molecular formula is C17H17ClN4OS. The predicted molar refractivity (Wildman–Crippen MR) is 98.4 cm³/mol. The second kappa shape index (κ2) is 6.18. The van der Waals surface area contributed by atoms with E-state index in [-0.39, 0.29) is 5.91 Å². The third-order valence-electron chi connectivity index (χ3n) is 4.31. The number of aryl methyl sites for hydroxylation is 2. The second-order valence-electron chi connectivity index (χ2n) is 5.87. The first-order valence-electron chi connectivity index (χ1n) is 7.79. The van der Waals surface area contributed by atoms with Gasteiger partial charge in [-0.05, 0) is 18.2 Å². The Bertz CT molecular complexity index is 930. The number of halogens is 1. The number of rotatable bonds is 4. The number of benzene rings is 1. The number of thioether (sulfide) groups is 1. The minimum absolute atomic E-state index is 0.00146. The number of anilines is 1. The van der Waals surface area contributed by atoms with E-state index in [1.807, 2.05) is 49.3 Å². The van der Waals surface area contributed by atoms with Crippen LogP contribution in [0.5, 0.6) is 0 Å². The van der Waals surface area contributed by atoms with Gasteiger partial charge in [0.15, 0.2) is 0 Å². The lowest BCUT2D eigenvalue weighted by Gasteiger charge is -2.09. The molecule has 3 heterocycles. The van der Waals surface area contributed by atoms with Crippen molar-refractivity contribution >= 4 is 46.0 Å². The maximum absolute atomic E-state index is 12.4. The first-order chi connectivity index (χ1) is 11.6. The number of fused-ring (bicyclic) bond motifs is 2. The number of hydrogen-bond donors (Lipinski definition) is 1. The first-order valence-corrected chi connectivity index (χ1v) is 9.32. The van der Waals surface area contributed by atoms with E-state index in [1.165, 1.54) is 0 Å². The maximum atomic E-state index is 12.4. The number of amides is 1. The zero-order valence-electron chi connectivity index (χ0n) is 13.3. The summed E-state index contributed by atoms with van der Waals surface area (Å²) in [5.74, 6) is 2.68. The van der Waals surface area contributed by atoms with E-state index in [4.69, 9.17) is 11.6 Å². The van der Waals surface area contributed by atoms with Crippen molar-refractivity contribution in [1.29, 1.82) is 0 Å². The summed E-state index contributed by atoms with van der Waals surface area (Å²) in [6, 6.07) is 7.81. The average molecular weight is 361 g/mol. The van der Waals surface area contributed by atoms with Crippen LogP contribution in [0.25, 0.3) is 10.9 Å². The highest BCUT2D eigenvalue weighted by atomic mass is 35.5. The van der Waals surface area contributed by atoms with Gasteiger partial charge in [-0.3, -0.25) is 9.48 Å². The number of nitrogens with one attached hydrogen (secondary N) is 1. The number of nitrogens with zero attached hydrogens (tertiary/aromatic N) is 3. The highest BCUT2D eigenvalue weighted by Crippen LogP contribution is 2.34. The van der Waals surface area contributed by atoms with E-state index in [1.54, 1.807) is 4.68 Å². The van der Waals surface area contributed by atoms with Crippen LogP contribution in [0.3, 0.4) is 0 Å². The molecule has 0 spiro atoms. The van der Waals surface area contributed by atoms with E-state index in [0.29, 0.717) is 13.0 Å². The molecule has 1 N–H and O–H groups in total. The molecule has 0 radical (unpaired) electrons. The molecule has 3 aromatic rings. The maximum Gasteiger partial charge on any atom is 0.227 e. The minimum Gasteiger partial charge on any atom is -0.347 e. The van der Waals surface area contributed by atoms with Crippen LogP contribution in [0.15, 0.2) is 30.5 Å². The third kappa shape index (κ3) is 2.70. The molecule has 2 aromatic heterocycles. The van der Waals surface area contributed by atoms with Crippen LogP contribution < -0.4 is 5.32 Å². The summed E-state index contributed by atoms with van der Waals surface area (Å²) in [7, 11) is 1.88. The zero-order valence-corrected chi connectivity index (χ0v) is 14.8. The molecule has 1 amide bonds. The van der Waals surface area contributed by atoms with Gasteiger partial charge in [0.05, 0.1) is 5.69 Å². The molecule has 0 unspecified atom stereocenters. The zero-order chi connectivity index (χ0) is 16.7. The highest BCUT2D eigenvalue weighted by Gasteiger charge is 2.22. The highest BCUT2D eigenvalue weighted by molar-refractivity contribution is 7.98. The molecule has 0 fully saturated rings. The Hall–Kier alpha value is -1.92. The molecule has 4 rings (SSSR count). The summed E-state index contributed by atoms with van der Waals surface area (Å²) in [5, 5.41) is 9.24. The lowest BCUT2D eigenvalue weighted by molar-refractivity contribution is -0.116. The van der Waals surface area contributed by atoms with Crippen LogP contribution in [-0.4, -0.2) is 20.3 Å². The monoisotopic (exact) mass is 360 g/mol. The van der Waals surface area contributed by atoms with E-state index >= 15 is 0 Å². The summed E-state index contributed by atoms with van der Waals surface area (Å²) in [6.07, 6.45) is 2.38.